The normalized spacial score (nSPS) is 20.1. The van der Waals surface area contributed by atoms with Crippen LogP contribution in [-0.4, -0.2) is 79.5 Å². The van der Waals surface area contributed by atoms with Gasteiger partial charge in [-0.05, 0) is 26.9 Å². The van der Waals surface area contributed by atoms with Crippen LogP contribution in [0.15, 0.2) is 0 Å². The number of rotatable bonds is 4. The van der Waals surface area contributed by atoms with Gasteiger partial charge in [-0.15, -0.1) is 0 Å². The lowest BCUT2D eigenvalue weighted by Crippen LogP contribution is -2.54. The minimum absolute atomic E-state index is 0.0438. The summed E-state index contributed by atoms with van der Waals surface area (Å²) in [6.45, 7) is 3.38. The van der Waals surface area contributed by atoms with E-state index in [4.69, 9.17) is 0 Å². The van der Waals surface area contributed by atoms with Gasteiger partial charge in [0.25, 0.3) is 0 Å². The Bertz CT molecular complexity index is 359. The van der Waals surface area contributed by atoms with Crippen LogP contribution in [0.3, 0.4) is 0 Å². The second-order valence-electron chi connectivity index (χ2n) is 6.35. The summed E-state index contributed by atoms with van der Waals surface area (Å²) >= 11 is 0. The number of carbonyl (C=O) groups excluding carboxylic acids is 2. The highest BCUT2D eigenvalue weighted by Crippen LogP contribution is 2.18. The molecule has 120 valence electrons. The summed E-state index contributed by atoms with van der Waals surface area (Å²) < 4.78 is 0. The van der Waals surface area contributed by atoms with E-state index in [2.05, 4.69) is 5.32 Å². The highest BCUT2D eigenvalue weighted by atomic mass is 16.2. The summed E-state index contributed by atoms with van der Waals surface area (Å²) in [5.74, 6) is 0.194. The Morgan fingerprint density at radius 2 is 1.62 bits per heavy atom. The van der Waals surface area contributed by atoms with E-state index >= 15 is 0 Å². The van der Waals surface area contributed by atoms with Crippen LogP contribution in [0.1, 0.15) is 32.1 Å². The zero-order valence-electron chi connectivity index (χ0n) is 13.3. The summed E-state index contributed by atoms with van der Waals surface area (Å²) in [5, 5.41) is 3.11. The first kappa shape index (κ1) is 16.1. The minimum Gasteiger partial charge on any atom is -0.339 e. The van der Waals surface area contributed by atoms with E-state index in [0.717, 1.165) is 19.4 Å². The molecule has 1 N–H and O–H groups in total. The Hall–Kier alpha value is -1.30. The van der Waals surface area contributed by atoms with Crippen LogP contribution < -0.4 is 5.32 Å². The third-order valence-corrected chi connectivity index (χ3v) is 4.38. The molecular formula is C15H28N4O2. The van der Waals surface area contributed by atoms with Gasteiger partial charge in [0.15, 0.2) is 0 Å². The Morgan fingerprint density at radius 1 is 1.05 bits per heavy atom. The van der Waals surface area contributed by atoms with Crippen LogP contribution in [0, 0.1) is 0 Å². The Labute approximate surface area is 127 Å². The molecule has 0 aromatic rings. The summed E-state index contributed by atoms with van der Waals surface area (Å²) in [4.78, 5) is 29.9. The second-order valence-corrected chi connectivity index (χ2v) is 6.35. The number of piperazine rings is 1. The quantitative estimate of drug-likeness (QED) is 0.832. The van der Waals surface area contributed by atoms with Gasteiger partial charge in [0, 0.05) is 45.2 Å². The van der Waals surface area contributed by atoms with Crippen molar-refractivity contribution in [3.63, 3.8) is 0 Å². The Balaban J connectivity index is 1.69. The summed E-state index contributed by atoms with van der Waals surface area (Å²) in [5.41, 5.74) is 0. The van der Waals surface area contributed by atoms with Gasteiger partial charge in [-0.3, -0.25) is 4.79 Å². The van der Waals surface area contributed by atoms with Crippen molar-refractivity contribution in [3.8, 4) is 0 Å². The molecule has 0 bridgehead atoms. The van der Waals surface area contributed by atoms with E-state index in [9.17, 15) is 9.59 Å². The van der Waals surface area contributed by atoms with Crippen molar-refractivity contribution >= 4 is 11.9 Å². The number of carbonyl (C=O) groups is 2. The molecule has 6 heteroatoms. The van der Waals surface area contributed by atoms with Crippen molar-refractivity contribution in [2.75, 3.05) is 46.8 Å². The van der Waals surface area contributed by atoms with Gasteiger partial charge in [-0.1, -0.05) is 12.8 Å². The van der Waals surface area contributed by atoms with Crippen molar-refractivity contribution in [1.29, 1.82) is 0 Å². The first-order valence-corrected chi connectivity index (χ1v) is 8.04. The molecule has 3 amide bonds. The molecular weight excluding hydrogens is 268 g/mol. The molecule has 2 aliphatic rings. The zero-order valence-corrected chi connectivity index (χ0v) is 13.3. The average Bonchev–Trinajstić information content (AvgIpc) is 2.97. The third kappa shape index (κ3) is 4.88. The maximum absolute atomic E-state index is 12.2. The molecule has 0 unspecified atom stereocenters. The van der Waals surface area contributed by atoms with Crippen LogP contribution in [-0.2, 0) is 4.79 Å². The van der Waals surface area contributed by atoms with Gasteiger partial charge < -0.3 is 20.0 Å². The summed E-state index contributed by atoms with van der Waals surface area (Å²) in [6.07, 6.45) is 5.21. The molecule has 1 saturated heterocycles. The van der Waals surface area contributed by atoms with Crippen molar-refractivity contribution in [1.82, 2.24) is 20.0 Å². The highest BCUT2D eigenvalue weighted by molar-refractivity contribution is 5.78. The Morgan fingerprint density at radius 3 is 2.19 bits per heavy atom. The van der Waals surface area contributed by atoms with Gasteiger partial charge in [-0.25, -0.2) is 4.79 Å². The van der Waals surface area contributed by atoms with Crippen LogP contribution in [0.25, 0.3) is 0 Å². The number of hydrogen-bond acceptors (Lipinski definition) is 3. The molecule has 0 aromatic heterocycles. The lowest BCUT2D eigenvalue weighted by Gasteiger charge is -2.35. The molecule has 1 aliphatic carbocycles. The summed E-state index contributed by atoms with van der Waals surface area (Å²) in [6, 6.07) is 0.402. The van der Waals surface area contributed by atoms with Crippen LogP contribution in [0.4, 0.5) is 4.79 Å². The van der Waals surface area contributed by atoms with Gasteiger partial charge in [-0.2, -0.15) is 0 Å². The molecule has 2 rings (SSSR count). The maximum atomic E-state index is 12.2. The van der Waals surface area contributed by atoms with E-state index in [1.54, 1.807) is 0 Å². The number of nitrogens with zero attached hydrogens (tertiary/aromatic N) is 3. The second kappa shape index (κ2) is 7.64. The van der Waals surface area contributed by atoms with E-state index in [-0.39, 0.29) is 11.9 Å². The average molecular weight is 296 g/mol. The molecule has 6 nitrogen and oxygen atoms in total. The van der Waals surface area contributed by atoms with E-state index in [1.807, 2.05) is 28.8 Å². The molecule has 1 saturated carbocycles. The number of amides is 3. The first-order valence-electron chi connectivity index (χ1n) is 8.04. The monoisotopic (exact) mass is 296 g/mol. The smallest absolute Gasteiger partial charge is 0.317 e. The molecule has 0 radical (unpaired) electrons. The van der Waals surface area contributed by atoms with Crippen molar-refractivity contribution in [2.24, 2.45) is 0 Å². The van der Waals surface area contributed by atoms with Crippen molar-refractivity contribution < 1.29 is 9.59 Å². The molecule has 1 aliphatic heterocycles. The first-order chi connectivity index (χ1) is 10.1. The minimum atomic E-state index is 0.0438. The number of urea groups is 1. The number of hydrogen-bond donors (Lipinski definition) is 1. The third-order valence-electron chi connectivity index (χ3n) is 4.38. The molecule has 0 atom stereocenters. The molecule has 21 heavy (non-hydrogen) atoms. The van der Waals surface area contributed by atoms with Gasteiger partial charge in [0.1, 0.15) is 0 Å². The fraction of sp³-hybridized carbons (Fsp3) is 0.867. The lowest BCUT2D eigenvalue weighted by atomic mass is 10.2. The Kier molecular flexibility index (Phi) is 5.85. The lowest BCUT2D eigenvalue weighted by molar-refractivity contribution is -0.132. The van der Waals surface area contributed by atoms with Crippen molar-refractivity contribution in [2.45, 2.75) is 38.1 Å². The maximum Gasteiger partial charge on any atom is 0.317 e. The van der Waals surface area contributed by atoms with Gasteiger partial charge >= 0.3 is 6.03 Å². The number of nitrogens with one attached hydrogen (secondary N) is 1. The zero-order chi connectivity index (χ0) is 15.2. The topological polar surface area (TPSA) is 55.9 Å². The standard InChI is InChI=1S/C15H28N4O2/c1-17(2)8-7-14(20)18-9-11-19(12-10-18)15(21)16-13-5-3-4-6-13/h13H,3-12H2,1-2H3,(H,16,21). The predicted octanol–water partition coefficient (Wildman–Crippen LogP) is 0.735. The van der Waals surface area contributed by atoms with Gasteiger partial charge in [0.2, 0.25) is 5.91 Å². The fourth-order valence-electron chi connectivity index (χ4n) is 2.97. The molecule has 0 spiro atoms. The molecule has 0 aromatic carbocycles. The predicted molar refractivity (Wildman–Crippen MR) is 82.1 cm³/mol. The van der Waals surface area contributed by atoms with Crippen LogP contribution in [0.5, 0.6) is 0 Å². The molecule has 2 fully saturated rings. The highest BCUT2D eigenvalue weighted by Gasteiger charge is 2.26. The van der Waals surface area contributed by atoms with Crippen LogP contribution in [0.2, 0.25) is 0 Å². The van der Waals surface area contributed by atoms with Crippen molar-refractivity contribution in [3.05, 3.63) is 0 Å². The van der Waals surface area contributed by atoms with E-state index in [1.165, 1.54) is 12.8 Å². The van der Waals surface area contributed by atoms with Crippen LogP contribution >= 0.6 is 0 Å². The molecule has 1 heterocycles. The van der Waals surface area contributed by atoms with E-state index in [0.29, 0.717) is 38.6 Å². The fourth-order valence-corrected chi connectivity index (χ4v) is 2.97. The van der Waals surface area contributed by atoms with Gasteiger partial charge in [0.05, 0.1) is 0 Å². The largest absolute Gasteiger partial charge is 0.339 e. The van der Waals surface area contributed by atoms with E-state index < -0.39 is 0 Å². The summed E-state index contributed by atoms with van der Waals surface area (Å²) in [7, 11) is 3.94. The SMILES string of the molecule is CN(C)CCC(=O)N1CCN(C(=O)NC2CCCC2)CC1.